The molecule has 1 heterocycles. The third-order valence-corrected chi connectivity index (χ3v) is 4.09. The van der Waals surface area contributed by atoms with E-state index >= 15 is 0 Å². The summed E-state index contributed by atoms with van der Waals surface area (Å²) in [6.45, 7) is 11.5. The van der Waals surface area contributed by atoms with E-state index in [2.05, 4.69) is 34.4 Å². The molecular weight excluding hydrogens is 446 g/mol. The predicted octanol–water partition coefficient (Wildman–Crippen LogP) is 3.00. The van der Waals surface area contributed by atoms with Crippen LogP contribution in [-0.2, 0) is 11.3 Å². The molecule has 2 unspecified atom stereocenters. The average molecular weight is 478 g/mol. The number of nitrogens with zero attached hydrogens (tertiary/aromatic N) is 2. The lowest BCUT2D eigenvalue weighted by atomic mass is 10.2. The highest BCUT2D eigenvalue weighted by Gasteiger charge is 2.21. The van der Waals surface area contributed by atoms with E-state index in [9.17, 15) is 4.39 Å². The molecule has 1 saturated heterocycles. The molecule has 1 aliphatic heterocycles. The highest BCUT2D eigenvalue weighted by Crippen LogP contribution is 2.10. The number of ether oxygens (including phenoxy) is 1. The summed E-state index contributed by atoms with van der Waals surface area (Å²) in [5.74, 6) is 0.551. The molecule has 1 aliphatic rings. The number of aliphatic imine (C=N–C) groups is 1. The topological polar surface area (TPSA) is 48.9 Å². The van der Waals surface area contributed by atoms with Crippen LogP contribution in [0.1, 0.15) is 32.8 Å². The highest BCUT2D eigenvalue weighted by molar-refractivity contribution is 14.0. The van der Waals surface area contributed by atoms with Crippen molar-refractivity contribution < 1.29 is 9.13 Å². The van der Waals surface area contributed by atoms with Gasteiger partial charge >= 0.3 is 0 Å². The molecule has 0 bridgehead atoms. The number of guanidine groups is 1. The van der Waals surface area contributed by atoms with Crippen molar-refractivity contribution >= 4 is 29.9 Å². The first-order chi connectivity index (χ1) is 12.1. The normalized spacial score (nSPS) is 21.2. The van der Waals surface area contributed by atoms with Gasteiger partial charge in [0.1, 0.15) is 5.82 Å². The van der Waals surface area contributed by atoms with Gasteiger partial charge in [-0.1, -0.05) is 12.1 Å². The highest BCUT2D eigenvalue weighted by atomic mass is 127. The predicted molar refractivity (Wildman–Crippen MR) is 116 cm³/mol. The van der Waals surface area contributed by atoms with Gasteiger partial charge in [0.25, 0.3) is 0 Å². The molecule has 2 atom stereocenters. The van der Waals surface area contributed by atoms with E-state index in [1.54, 1.807) is 6.07 Å². The van der Waals surface area contributed by atoms with Gasteiger partial charge in [-0.25, -0.2) is 9.38 Å². The van der Waals surface area contributed by atoms with E-state index in [0.717, 1.165) is 50.7 Å². The van der Waals surface area contributed by atoms with Crippen LogP contribution in [0.5, 0.6) is 0 Å². The van der Waals surface area contributed by atoms with Crippen LogP contribution in [0.2, 0.25) is 0 Å². The molecule has 0 saturated carbocycles. The Morgan fingerprint density at radius 2 is 2.00 bits per heavy atom. The van der Waals surface area contributed by atoms with Gasteiger partial charge < -0.3 is 15.4 Å². The Labute approximate surface area is 173 Å². The lowest BCUT2D eigenvalue weighted by molar-refractivity contribution is -0.0679. The second-order valence-corrected chi connectivity index (χ2v) is 6.62. The van der Waals surface area contributed by atoms with E-state index in [1.165, 1.54) is 12.1 Å². The summed E-state index contributed by atoms with van der Waals surface area (Å²) in [5, 5.41) is 6.59. The lowest BCUT2D eigenvalue weighted by Gasteiger charge is -2.35. The number of benzene rings is 1. The van der Waals surface area contributed by atoms with Crippen molar-refractivity contribution in [3.63, 3.8) is 0 Å². The first kappa shape index (κ1) is 23.1. The molecule has 26 heavy (non-hydrogen) atoms. The van der Waals surface area contributed by atoms with E-state index in [0.29, 0.717) is 18.8 Å². The minimum absolute atomic E-state index is 0. The van der Waals surface area contributed by atoms with Crippen LogP contribution in [0.3, 0.4) is 0 Å². The smallest absolute Gasteiger partial charge is 0.191 e. The second kappa shape index (κ2) is 12.5. The number of nitrogens with one attached hydrogen (secondary N) is 2. The van der Waals surface area contributed by atoms with Crippen LogP contribution < -0.4 is 10.6 Å². The van der Waals surface area contributed by atoms with Gasteiger partial charge in [-0.05, 0) is 44.9 Å². The van der Waals surface area contributed by atoms with Gasteiger partial charge in [-0.2, -0.15) is 0 Å². The monoisotopic (exact) mass is 478 g/mol. The zero-order valence-electron chi connectivity index (χ0n) is 16.0. The SMILES string of the molecule is CCNC(=NCc1cccc(F)c1)NCCCN1CC(C)OC(C)C1.I. The zero-order chi connectivity index (χ0) is 18.1. The molecule has 0 radical (unpaired) electrons. The van der Waals surface area contributed by atoms with E-state index < -0.39 is 0 Å². The summed E-state index contributed by atoms with van der Waals surface area (Å²) in [4.78, 5) is 6.98. The molecule has 0 aliphatic carbocycles. The van der Waals surface area contributed by atoms with Crippen LogP contribution in [0.25, 0.3) is 0 Å². The van der Waals surface area contributed by atoms with Gasteiger partial charge in [-0.15, -0.1) is 24.0 Å². The summed E-state index contributed by atoms with van der Waals surface area (Å²) in [6, 6.07) is 6.57. The quantitative estimate of drug-likeness (QED) is 0.274. The maximum absolute atomic E-state index is 13.2. The van der Waals surface area contributed by atoms with Gasteiger partial charge in [0, 0.05) is 32.7 Å². The van der Waals surface area contributed by atoms with Gasteiger partial charge in [0.15, 0.2) is 5.96 Å². The Morgan fingerprint density at radius 1 is 1.27 bits per heavy atom. The van der Waals surface area contributed by atoms with Crippen LogP contribution >= 0.6 is 24.0 Å². The maximum atomic E-state index is 13.2. The molecule has 2 N–H and O–H groups in total. The summed E-state index contributed by atoms with van der Waals surface area (Å²) >= 11 is 0. The van der Waals surface area contributed by atoms with Gasteiger partial charge in [0.05, 0.1) is 18.8 Å². The minimum atomic E-state index is -0.223. The molecular formula is C19H32FIN4O. The molecule has 2 rings (SSSR count). The fourth-order valence-electron chi connectivity index (χ4n) is 3.12. The summed E-state index contributed by atoms with van der Waals surface area (Å²) in [7, 11) is 0. The van der Waals surface area contributed by atoms with Crippen molar-refractivity contribution in [2.24, 2.45) is 4.99 Å². The Bertz CT molecular complexity index is 548. The number of rotatable bonds is 7. The fraction of sp³-hybridized carbons (Fsp3) is 0.632. The Morgan fingerprint density at radius 3 is 2.65 bits per heavy atom. The fourth-order valence-corrected chi connectivity index (χ4v) is 3.12. The molecule has 0 aromatic heterocycles. The molecule has 7 heteroatoms. The van der Waals surface area contributed by atoms with Crippen LogP contribution in [0, 0.1) is 5.82 Å². The maximum Gasteiger partial charge on any atom is 0.191 e. The van der Waals surface area contributed by atoms with E-state index in [1.807, 2.05) is 13.0 Å². The first-order valence-electron chi connectivity index (χ1n) is 9.21. The van der Waals surface area contributed by atoms with Crippen LogP contribution in [-0.4, -0.2) is 55.8 Å². The van der Waals surface area contributed by atoms with Crippen molar-refractivity contribution in [1.29, 1.82) is 0 Å². The molecule has 5 nitrogen and oxygen atoms in total. The third kappa shape index (κ3) is 8.64. The summed E-state index contributed by atoms with van der Waals surface area (Å²) in [6.07, 6.45) is 1.66. The number of hydrogen-bond donors (Lipinski definition) is 2. The van der Waals surface area contributed by atoms with E-state index in [-0.39, 0.29) is 29.8 Å². The number of halogens is 2. The van der Waals surface area contributed by atoms with Crippen LogP contribution in [0.15, 0.2) is 29.3 Å². The van der Waals surface area contributed by atoms with Crippen LogP contribution in [0.4, 0.5) is 4.39 Å². The van der Waals surface area contributed by atoms with Gasteiger partial charge in [0.2, 0.25) is 0 Å². The molecule has 1 aromatic rings. The van der Waals surface area contributed by atoms with Crippen molar-refractivity contribution in [1.82, 2.24) is 15.5 Å². The molecule has 1 fully saturated rings. The van der Waals surface area contributed by atoms with Crippen molar-refractivity contribution in [2.45, 2.75) is 45.9 Å². The number of morpholine rings is 1. The average Bonchev–Trinajstić information content (AvgIpc) is 2.55. The minimum Gasteiger partial charge on any atom is -0.373 e. The molecule has 0 amide bonds. The van der Waals surface area contributed by atoms with Crippen molar-refractivity contribution in [3.8, 4) is 0 Å². The standard InChI is InChI=1S/C19H31FN4O.HI/c1-4-21-19(23-12-17-7-5-8-18(20)11-17)22-9-6-10-24-13-15(2)25-16(3)14-24;/h5,7-8,11,15-16H,4,6,9-10,12-14H2,1-3H3,(H2,21,22,23);1H. The van der Waals surface area contributed by atoms with Crippen molar-refractivity contribution in [2.75, 3.05) is 32.7 Å². The zero-order valence-corrected chi connectivity index (χ0v) is 18.3. The Balaban J connectivity index is 0.00000338. The van der Waals surface area contributed by atoms with E-state index in [4.69, 9.17) is 4.74 Å². The summed E-state index contributed by atoms with van der Waals surface area (Å²) < 4.78 is 19.0. The first-order valence-corrected chi connectivity index (χ1v) is 9.21. The van der Waals surface area contributed by atoms with Crippen molar-refractivity contribution in [3.05, 3.63) is 35.6 Å². The summed E-state index contributed by atoms with van der Waals surface area (Å²) in [5.41, 5.74) is 0.869. The largest absolute Gasteiger partial charge is 0.373 e. The lowest BCUT2D eigenvalue weighted by Crippen LogP contribution is -2.46. The Hall–Kier alpha value is -0.930. The Kier molecular flexibility index (Phi) is 11.1. The van der Waals surface area contributed by atoms with Gasteiger partial charge in [-0.3, -0.25) is 4.90 Å². The number of hydrogen-bond acceptors (Lipinski definition) is 3. The second-order valence-electron chi connectivity index (χ2n) is 6.62. The third-order valence-electron chi connectivity index (χ3n) is 4.09. The molecule has 148 valence electrons. The molecule has 0 spiro atoms. The molecule has 1 aromatic carbocycles.